The van der Waals surface area contributed by atoms with Gasteiger partial charge in [-0.2, -0.15) is 10.2 Å². The summed E-state index contributed by atoms with van der Waals surface area (Å²) in [5.74, 6) is 6.36. The predicted molar refractivity (Wildman–Crippen MR) is 582 cm³/mol. The first-order valence-corrected chi connectivity index (χ1v) is 54.8. The van der Waals surface area contributed by atoms with Crippen LogP contribution in [0.2, 0.25) is 0 Å². The summed E-state index contributed by atoms with van der Waals surface area (Å²) in [4.78, 5) is 101. The molecule has 17 rings (SSSR count). The van der Waals surface area contributed by atoms with E-state index in [2.05, 4.69) is 144 Å². The topological polar surface area (TPSA) is 277 Å². The molecule has 30 heteroatoms. The summed E-state index contributed by atoms with van der Waals surface area (Å²) in [5.41, 5.74) is 17.8. The maximum Gasteiger partial charge on any atom is 0.258 e. The number of nitriles is 1. The van der Waals surface area contributed by atoms with Crippen LogP contribution in [0.15, 0.2) is 223 Å². The van der Waals surface area contributed by atoms with Crippen LogP contribution in [0.25, 0.3) is 56.3 Å². The lowest BCUT2D eigenvalue weighted by Gasteiger charge is -2.45. The minimum Gasteiger partial charge on any atom is -0.492 e. The lowest BCUT2D eigenvalue weighted by atomic mass is 9.62. The summed E-state index contributed by atoms with van der Waals surface area (Å²) < 4.78 is 45.2. The number of piperidine rings is 1. The van der Waals surface area contributed by atoms with Crippen molar-refractivity contribution in [2.24, 2.45) is 0 Å². The minimum atomic E-state index is -0.349. The van der Waals surface area contributed by atoms with E-state index in [1.807, 2.05) is 90.0 Å². The van der Waals surface area contributed by atoms with Crippen molar-refractivity contribution in [1.82, 2.24) is 58.0 Å². The fraction of sp³-hybridized carbons (Fsp3) is 0.451. The van der Waals surface area contributed by atoms with Gasteiger partial charge in [-0.25, -0.2) is 24.9 Å². The number of nitrogens with zero attached hydrogens (tertiary/aromatic N) is 13. The molecule has 143 heavy (non-hydrogen) atoms. The molecule has 1 amide bonds. The highest BCUT2D eigenvalue weighted by molar-refractivity contribution is 8.00. The Labute approximate surface area is 864 Å². The molecule has 1 saturated carbocycles. The number of rotatable bonds is 37. The highest BCUT2D eigenvalue weighted by atomic mass is 32.2. The number of benzene rings is 5. The van der Waals surface area contributed by atoms with Crippen molar-refractivity contribution in [3.63, 3.8) is 0 Å². The average molecular weight is 2030 g/mol. The smallest absolute Gasteiger partial charge is 0.258 e. The van der Waals surface area contributed by atoms with Crippen LogP contribution in [-0.2, 0) is 97.3 Å². The van der Waals surface area contributed by atoms with Gasteiger partial charge < -0.3 is 38.1 Å². The molecule has 0 N–H and O–H groups in total. The molecule has 5 aromatic heterocycles. The van der Waals surface area contributed by atoms with Gasteiger partial charge in [0.05, 0.1) is 72.6 Å². The van der Waals surface area contributed by atoms with Gasteiger partial charge in [-0.1, -0.05) is 249 Å². The second-order valence-electron chi connectivity index (χ2n) is 37.7. The van der Waals surface area contributed by atoms with E-state index in [-0.39, 0.29) is 56.4 Å². The lowest BCUT2D eigenvalue weighted by Crippen LogP contribution is -2.50. The standard InChI is InChI=1S/C27H35N3O3S.C25H33N3O3S.C23H28N2O2S.C21H23N3O2S.C17H20N2O2S/c1-4-6-11-22(31)29-15-12-27(13-16-29)19-20-9-7-8-10-21(20)24-23(27)25(32)30(14-5-2)26(28-24)34-18-17-33-3;1-5-9-28-23(29)21-22(26-24(28)32-6-2)20-8-7-19(16-18(20)17-25(21,3)4)31-15-12-27-10-13-30-14-11-27;1-3-13-25-21(26)19-20(24-22(25)28-15-14-27-2)18-10-6-5-9-17(18)16-23(19)11-7-4-8-12-23;1-5-10-24-19(25)17-18(23-20(24)27-6-2)16-8-7-15(26-11-9-22)12-14(16)13-21(17,3)4;1-4-10-21-16-13(2)15(14-8-6-5-7-9-14)18-17(19-16)22-12-11-20-3/h5,7-10H,2,4,6,11-19H2,1,3H3;5,7-8,16H,1,6,9-15,17H2,2-4H3;3,5-6,9-10H,1,4,7-8,11-16H2,2H3;5,7-8,12H,1,6,10-11,13H2,2-4H3;4-9H,1,10-12H2,2-3H3. The zero-order chi connectivity index (χ0) is 102. The molecule has 0 radical (unpaired) electrons. The van der Waals surface area contributed by atoms with Gasteiger partial charge in [-0.3, -0.25) is 47.1 Å². The van der Waals surface area contributed by atoms with Gasteiger partial charge in [0.25, 0.3) is 22.2 Å². The highest BCUT2D eigenvalue weighted by Crippen LogP contribution is 2.52. The summed E-state index contributed by atoms with van der Waals surface area (Å²) >= 11 is 7.85. The Morgan fingerprint density at radius 1 is 0.469 bits per heavy atom. The molecule has 758 valence electrons. The molecule has 10 aromatic rings. The summed E-state index contributed by atoms with van der Waals surface area (Å²) in [5, 5.41) is 12.4. The van der Waals surface area contributed by atoms with Crippen LogP contribution in [0.5, 0.6) is 17.4 Å². The number of ether oxygens (including phenoxy) is 7. The molecule has 0 unspecified atom stereocenters. The molecule has 2 spiro atoms. The van der Waals surface area contributed by atoms with Crippen LogP contribution in [0, 0.1) is 18.3 Å². The summed E-state index contributed by atoms with van der Waals surface area (Å²) in [6.45, 7) is 46.3. The van der Waals surface area contributed by atoms with Gasteiger partial charge in [0, 0.05) is 170 Å². The van der Waals surface area contributed by atoms with Crippen molar-refractivity contribution >= 4 is 64.7 Å². The van der Waals surface area contributed by atoms with E-state index in [9.17, 15) is 24.0 Å². The Balaban J connectivity index is 0.000000151. The number of hydrogen-bond acceptors (Lipinski definition) is 25. The first-order chi connectivity index (χ1) is 69.4. The molecule has 7 heterocycles. The van der Waals surface area contributed by atoms with Crippen molar-refractivity contribution in [1.29, 1.82) is 5.26 Å². The Morgan fingerprint density at radius 3 is 1.36 bits per heavy atom. The summed E-state index contributed by atoms with van der Waals surface area (Å²) in [7, 11) is 5.06. The molecule has 5 aromatic carbocycles. The van der Waals surface area contributed by atoms with Gasteiger partial charge >= 0.3 is 0 Å². The van der Waals surface area contributed by atoms with E-state index in [1.54, 1.807) is 124 Å². The summed E-state index contributed by atoms with van der Waals surface area (Å²) in [6, 6.07) is 40.8. The summed E-state index contributed by atoms with van der Waals surface area (Å²) in [6.07, 6.45) is 21.9. The Hall–Kier alpha value is -10.7. The van der Waals surface area contributed by atoms with Gasteiger partial charge in [-0.15, -0.1) is 26.3 Å². The average Bonchev–Trinajstić information content (AvgIpc) is 0.719. The van der Waals surface area contributed by atoms with E-state index in [0.717, 1.165) is 230 Å². The van der Waals surface area contributed by atoms with E-state index >= 15 is 0 Å². The number of carbonyl (C=O) groups excluding carboxylic acids is 1. The zero-order valence-electron chi connectivity index (χ0n) is 85.1. The number of allylic oxidation sites excluding steroid dienone is 4. The number of unbranched alkanes of at least 4 members (excludes halogenated alkanes) is 1. The van der Waals surface area contributed by atoms with Gasteiger partial charge in [0.15, 0.2) is 32.4 Å². The zero-order valence-corrected chi connectivity index (χ0v) is 89.2. The van der Waals surface area contributed by atoms with Crippen LogP contribution in [0.3, 0.4) is 0 Å². The molecular formula is C113H139N13O12S5. The van der Waals surface area contributed by atoms with Crippen LogP contribution < -0.4 is 36.4 Å². The number of morpholine rings is 1. The third-order valence-electron chi connectivity index (χ3n) is 27.0. The van der Waals surface area contributed by atoms with Gasteiger partial charge in [-0.05, 0) is 135 Å². The fourth-order valence-corrected chi connectivity index (χ4v) is 24.2. The minimum absolute atomic E-state index is 0.0105. The van der Waals surface area contributed by atoms with Crippen molar-refractivity contribution in [3.8, 4) is 79.7 Å². The number of carbonyl (C=O) groups is 1. The molecule has 7 aliphatic rings. The van der Waals surface area contributed by atoms with E-state index in [0.29, 0.717) is 107 Å². The molecular weight excluding hydrogens is 1890 g/mol. The van der Waals surface area contributed by atoms with Crippen molar-refractivity contribution < 1.29 is 38.0 Å². The SMILES string of the molecule is C=CCOc1nc(SCCOC)nc(-c2ccccc2)c1C.C=CCn1c(SCC)nc2c(c1=O)C(C)(C)Cc1cc(OCC#N)ccc1-2.C=CCn1c(SCC)nc2c(c1=O)C(C)(C)Cc1cc(OCCN3CCOCC3)ccc1-2.C=CCn1c(SCCOC)nc2c(c1=O)C1(CCCCC1)Cc1ccccc1-2.C=CCn1c(SCCOC)nc2c(c1=O)C1(CCN(C(=O)CCCC)CC1)Cc1ccccc1-2. The van der Waals surface area contributed by atoms with Gasteiger partial charge in [0.1, 0.15) is 30.8 Å². The monoisotopic (exact) mass is 2030 g/mol. The normalized spacial score (nSPS) is 15.4. The Kier molecular flexibility index (Phi) is 40.1. The number of amides is 1. The van der Waals surface area contributed by atoms with Crippen molar-refractivity contribution in [3.05, 3.63) is 270 Å². The van der Waals surface area contributed by atoms with Crippen LogP contribution in [0.1, 0.15) is 163 Å². The molecule has 0 bridgehead atoms. The van der Waals surface area contributed by atoms with E-state index in [4.69, 9.17) is 58.4 Å². The molecule has 3 fully saturated rings. The number of thioether (sulfide) groups is 5. The highest BCUT2D eigenvalue weighted by Gasteiger charge is 2.48. The lowest BCUT2D eigenvalue weighted by molar-refractivity contribution is -0.133. The van der Waals surface area contributed by atoms with Crippen molar-refractivity contribution in [2.75, 3.05) is 136 Å². The predicted octanol–water partition coefficient (Wildman–Crippen LogP) is 20.5. The molecule has 0 atom stereocenters. The molecule has 5 aliphatic carbocycles. The van der Waals surface area contributed by atoms with Gasteiger partial charge in [0.2, 0.25) is 11.8 Å². The van der Waals surface area contributed by atoms with E-state index < -0.39 is 0 Å². The van der Waals surface area contributed by atoms with Crippen LogP contribution in [-0.4, -0.2) is 200 Å². The van der Waals surface area contributed by atoms with Crippen LogP contribution >= 0.6 is 58.8 Å². The number of aromatic nitrogens is 10. The second kappa shape index (κ2) is 52.4. The second-order valence-corrected chi connectivity index (χ2v) is 43.4. The first-order valence-electron chi connectivity index (χ1n) is 49.8. The molecule has 25 nitrogen and oxygen atoms in total. The molecule has 2 saturated heterocycles. The number of hydrogen-bond donors (Lipinski definition) is 0. The maximum atomic E-state index is 14.0. The largest absolute Gasteiger partial charge is 0.492 e. The first kappa shape index (κ1) is 110. The molecule has 2 aliphatic heterocycles. The third kappa shape index (κ3) is 26.1. The Morgan fingerprint density at radius 2 is 0.902 bits per heavy atom. The fourth-order valence-electron chi connectivity index (χ4n) is 20.2. The maximum absolute atomic E-state index is 14.0. The Bertz CT molecular complexity index is 6450. The number of likely N-dealkylation sites (tertiary alicyclic amines) is 1. The number of methoxy groups -OCH3 is 3. The van der Waals surface area contributed by atoms with Crippen LogP contribution in [0.4, 0.5) is 0 Å². The quantitative estimate of drug-likeness (QED) is 0.0151. The third-order valence-corrected chi connectivity index (χ3v) is 31.4. The number of fused-ring (bicyclic) bond motifs is 14. The van der Waals surface area contributed by atoms with Crippen molar-refractivity contribution in [2.45, 2.75) is 219 Å². The van der Waals surface area contributed by atoms with E-state index in [1.165, 1.54) is 36.0 Å².